The van der Waals surface area contributed by atoms with Crippen molar-refractivity contribution in [2.75, 3.05) is 32.7 Å². The minimum atomic E-state index is 0.0837. The number of hydrogen-bond donors (Lipinski definition) is 1. The van der Waals surface area contributed by atoms with Crippen molar-refractivity contribution in [3.8, 4) is 0 Å². The highest BCUT2D eigenvalue weighted by Crippen LogP contribution is 2.27. The van der Waals surface area contributed by atoms with Crippen LogP contribution in [0.1, 0.15) is 39.9 Å². The third-order valence-electron chi connectivity index (χ3n) is 5.87. The van der Waals surface area contributed by atoms with E-state index in [1.54, 1.807) is 0 Å². The first kappa shape index (κ1) is 21.9. The van der Waals surface area contributed by atoms with Crippen LogP contribution < -0.4 is 5.32 Å². The third-order valence-corrected chi connectivity index (χ3v) is 7.11. The van der Waals surface area contributed by atoms with Crippen LogP contribution in [0.15, 0.2) is 47.4 Å². The van der Waals surface area contributed by atoms with Gasteiger partial charge in [0.1, 0.15) is 0 Å². The van der Waals surface area contributed by atoms with Crippen molar-refractivity contribution in [1.29, 1.82) is 0 Å². The van der Waals surface area contributed by atoms with E-state index in [0.717, 1.165) is 42.8 Å². The molecule has 0 aromatic heterocycles. The Labute approximate surface area is 189 Å². The molecule has 1 aliphatic carbocycles. The fourth-order valence-corrected chi connectivity index (χ4v) is 4.86. The zero-order valence-electron chi connectivity index (χ0n) is 18.4. The SMILES string of the molecule is Cc1ccc(SCc2cccc(C(=O)N3CCN(CC(=O)NC4CC4)CC3)c2)c(C)c1. The molecule has 1 saturated carbocycles. The first-order valence-electron chi connectivity index (χ1n) is 11.1. The minimum absolute atomic E-state index is 0.0837. The predicted octanol–water partition coefficient (Wildman–Crippen LogP) is 3.63. The van der Waals surface area contributed by atoms with Gasteiger partial charge in [0.05, 0.1) is 6.54 Å². The van der Waals surface area contributed by atoms with Crippen molar-refractivity contribution >= 4 is 23.6 Å². The van der Waals surface area contributed by atoms with Crippen LogP contribution in [0.2, 0.25) is 0 Å². The number of nitrogens with one attached hydrogen (secondary N) is 1. The molecule has 6 heteroatoms. The molecule has 0 atom stereocenters. The Morgan fingerprint density at radius 2 is 1.81 bits per heavy atom. The summed E-state index contributed by atoms with van der Waals surface area (Å²) in [6.07, 6.45) is 2.21. The van der Waals surface area contributed by atoms with Gasteiger partial charge in [-0.15, -0.1) is 11.8 Å². The number of nitrogens with zero attached hydrogens (tertiary/aromatic N) is 2. The summed E-state index contributed by atoms with van der Waals surface area (Å²) in [6, 6.07) is 14.9. The van der Waals surface area contributed by atoms with Crippen LogP contribution in [0.25, 0.3) is 0 Å². The average molecular weight is 438 g/mol. The number of rotatable bonds is 7. The minimum Gasteiger partial charge on any atom is -0.352 e. The highest BCUT2D eigenvalue weighted by molar-refractivity contribution is 7.98. The van der Waals surface area contributed by atoms with E-state index in [9.17, 15) is 9.59 Å². The zero-order chi connectivity index (χ0) is 21.8. The molecule has 2 aromatic carbocycles. The van der Waals surface area contributed by atoms with Crippen LogP contribution in [0.5, 0.6) is 0 Å². The molecule has 0 radical (unpaired) electrons. The lowest BCUT2D eigenvalue weighted by atomic mass is 10.1. The normalized spacial score (nSPS) is 16.9. The molecular formula is C25H31N3O2S. The van der Waals surface area contributed by atoms with Crippen molar-refractivity contribution in [3.05, 3.63) is 64.7 Å². The Hall–Kier alpha value is -2.31. The highest BCUT2D eigenvalue weighted by atomic mass is 32.2. The van der Waals surface area contributed by atoms with E-state index in [2.05, 4.69) is 48.3 Å². The first-order chi connectivity index (χ1) is 15.0. The molecule has 0 bridgehead atoms. The summed E-state index contributed by atoms with van der Waals surface area (Å²) in [7, 11) is 0. The van der Waals surface area contributed by atoms with E-state index in [4.69, 9.17) is 0 Å². The number of benzene rings is 2. The lowest BCUT2D eigenvalue weighted by molar-refractivity contribution is -0.122. The van der Waals surface area contributed by atoms with Crippen LogP contribution in [0.3, 0.4) is 0 Å². The maximum atomic E-state index is 13.0. The van der Waals surface area contributed by atoms with Crippen LogP contribution in [0.4, 0.5) is 0 Å². The fourth-order valence-electron chi connectivity index (χ4n) is 3.91. The third kappa shape index (κ3) is 6.11. The summed E-state index contributed by atoms with van der Waals surface area (Å²) >= 11 is 1.81. The average Bonchev–Trinajstić information content (AvgIpc) is 3.57. The Bertz CT molecular complexity index is 950. The van der Waals surface area contributed by atoms with Crippen LogP contribution in [-0.4, -0.2) is 60.4 Å². The van der Waals surface area contributed by atoms with E-state index in [1.807, 2.05) is 34.9 Å². The number of amides is 2. The first-order valence-corrected chi connectivity index (χ1v) is 12.1. The molecule has 2 aliphatic rings. The number of piperazine rings is 1. The van der Waals surface area contributed by atoms with Gasteiger partial charge in [0.2, 0.25) is 5.91 Å². The molecule has 1 saturated heterocycles. The number of carbonyl (C=O) groups is 2. The van der Waals surface area contributed by atoms with Gasteiger partial charge < -0.3 is 10.2 Å². The van der Waals surface area contributed by atoms with Crippen molar-refractivity contribution < 1.29 is 9.59 Å². The molecule has 1 heterocycles. The molecule has 2 fully saturated rings. The van der Waals surface area contributed by atoms with Gasteiger partial charge in [0, 0.05) is 48.4 Å². The van der Waals surface area contributed by atoms with Crippen molar-refractivity contribution in [2.45, 2.75) is 43.4 Å². The summed E-state index contributed by atoms with van der Waals surface area (Å²) in [6.45, 7) is 7.50. The monoisotopic (exact) mass is 437 g/mol. The molecule has 0 unspecified atom stereocenters. The second-order valence-electron chi connectivity index (χ2n) is 8.67. The van der Waals surface area contributed by atoms with E-state index in [0.29, 0.717) is 25.7 Å². The quantitative estimate of drug-likeness (QED) is 0.672. The van der Waals surface area contributed by atoms with E-state index in [1.165, 1.54) is 16.0 Å². The maximum Gasteiger partial charge on any atom is 0.253 e. The van der Waals surface area contributed by atoms with Crippen molar-refractivity contribution in [3.63, 3.8) is 0 Å². The molecule has 164 valence electrons. The lowest BCUT2D eigenvalue weighted by Gasteiger charge is -2.34. The Morgan fingerprint density at radius 3 is 2.52 bits per heavy atom. The van der Waals surface area contributed by atoms with Gasteiger partial charge >= 0.3 is 0 Å². The zero-order valence-corrected chi connectivity index (χ0v) is 19.2. The maximum absolute atomic E-state index is 13.0. The molecular weight excluding hydrogens is 406 g/mol. The fraction of sp³-hybridized carbons (Fsp3) is 0.440. The van der Waals surface area contributed by atoms with Crippen molar-refractivity contribution in [2.24, 2.45) is 0 Å². The van der Waals surface area contributed by atoms with Crippen LogP contribution in [-0.2, 0) is 10.5 Å². The van der Waals surface area contributed by atoms with Gasteiger partial charge in [-0.1, -0.05) is 29.8 Å². The number of thioether (sulfide) groups is 1. The smallest absolute Gasteiger partial charge is 0.253 e. The molecule has 2 amide bonds. The predicted molar refractivity (Wildman–Crippen MR) is 125 cm³/mol. The van der Waals surface area contributed by atoms with Gasteiger partial charge in [0.25, 0.3) is 5.91 Å². The summed E-state index contributed by atoms with van der Waals surface area (Å²) in [5.74, 6) is 1.03. The molecule has 2 aromatic rings. The van der Waals surface area contributed by atoms with E-state index >= 15 is 0 Å². The summed E-state index contributed by atoms with van der Waals surface area (Å²) in [5, 5.41) is 3.03. The van der Waals surface area contributed by atoms with E-state index < -0.39 is 0 Å². The topological polar surface area (TPSA) is 52.7 Å². The van der Waals surface area contributed by atoms with Gasteiger partial charge in [-0.2, -0.15) is 0 Å². The molecule has 31 heavy (non-hydrogen) atoms. The van der Waals surface area contributed by atoms with Gasteiger partial charge in [0.15, 0.2) is 0 Å². The second kappa shape index (κ2) is 9.88. The lowest BCUT2D eigenvalue weighted by Crippen LogP contribution is -2.51. The number of hydrogen-bond acceptors (Lipinski definition) is 4. The molecule has 1 aliphatic heterocycles. The standard InChI is InChI=1S/C25H31N3O2S/c1-18-6-9-23(19(2)14-18)31-17-20-4-3-5-21(15-20)25(30)28-12-10-27(11-13-28)16-24(29)26-22-7-8-22/h3-6,9,14-15,22H,7-8,10-13,16-17H2,1-2H3,(H,26,29). The molecule has 4 rings (SSSR count). The Kier molecular flexibility index (Phi) is 6.98. The number of carbonyl (C=O) groups excluding carboxylic acids is 2. The van der Waals surface area contributed by atoms with Crippen LogP contribution in [0, 0.1) is 13.8 Å². The van der Waals surface area contributed by atoms with Gasteiger partial charge in [-0.05, 0) is 56.0 Å². The highest BCUT2D eigenvalue weighted by Gasteiger charge is 2.26. The molecule has 1 N–H and O–H groups in total. The summed E-state index contributed by atoms with van der Waals surface area (Å²) in [4.78, 5) is 30.4. The second-order valence-corrected chi connectivity index (χ2v) is 9.69. The van der Waals surface area contributed by atoms with E-state index in [-0.39, 0.29) is 11.8 Å². The summed E-state index contributed by atoms with van der Waals surface area (Å²) in [5.41, 5.74) is 4.48. The molecule has 0 spiro atoms. The Balaban J connectivity index is 1.29. The largest absolute Gasteiger partial charge is 0.352 e. The molecule has 5 nitrogen and oxygen atoms in total. The summed E-state index contributed by atoms with van der Waals surface area (Å²) < 4.78 is 0. The van der Waals surface area contributed by atoms with Crippen LogP contribution >= 0.6 is 11.8 Å². The van der Waals surface area contributed by atoms with Gasteiger partial charge in [-0.25, -0.2) is 0 Å². The number of aryl methyl sites for hydroxylation is 2. The van der Waals surface area contributed by atoms with Crippen molar-refractivity contribution in [1.82, 2.24) is 15.1 Å². The van der Waals surface area contributed by atoms with Gasteiger partial charge in [-0.3, -0.25) is 14.5 Å². The Morgan fingerprint density at radius 1 is 1.03 bits per heavy atom.